The molecule has 0 fully saturated rings. The van der Waals surface area contributed by atoms with Crippen LogP contribution in [0.5, 0.6) is 5.75 Å². The molecule has 0 saturated carbocycles. The molecular weight excluding hydrogens is 298 g/mol. The summed E-state index contributed by atoms with van der Waals surface area (Å²) in [7, 11) is 3.10. The van der Waals surface area contributed by atoms with E-state index in [-0.39, 0.29) is 6.54 Å². The van der Waals surface area contributed by atoms with E-state index in [1.165, 1.54) is 11.9 Å². The fourth-order valence-corrected chi connectivity index (χ4v) is 2.06. The van der Waals surface area contributed by atoms with Crippen LogP contribution >= 0.6 is 0 Å². The molecule has 0 aliphatic heterocycles. The molecule has 0 aromatic heterocycles. The zero-order chi connectivity index (χ0) is 17.6. The molecule has 128 valence electrons. The number of ether oxygens (including phenoxy) is 2. The second-order valence-electron chi connectivity index (χ2n) is 6.45. The third-order valence-electron chi connectivity index (χ3n) is 3.16. The molecule has 1 rings (SSSR count). The van der Waals surface area contributed by atoms with Gasteiger partial charge in [-0.3, -0.25) is 4.79 Å². The molecule has 0 heterocycles. The number of rotatable bonds is 6. The van der Waals surface area contributed by atoms with Gasteiger partial charge in [0.2, 0.25) is 0 Å². The Morgan fingerprint density at radius 1 is 1.30 bits per heavy atom. The average Bonchev–Trinajstić information content (AvgIpc) is 2.44. The summed E-state index contributed by atoms with van der Waals surface area (Å²) in [5, 5.41) is 9.41. The van der Waals surface area contributed by atoms with E-state index in [1.54, 1.807) is 40.0 Å². The Hall–Kier alpha value is -2.24. The first kappa shape index (κ1) is 18.8. The monoisotopic (exact) mass is 323 g/mol. The van der Waals surface area contributed by atoms with Gasteiger partial charge in [-0.1, -0.05) is 12.1 Å². The molecule has 0 aliphatic rings. The first-order valence-electron chi connectivity index (χ1n) is 7.42. The number of carboxylic acid groups (broad SMARTS) is 1. The van der Waals surface area contributed by atoms with E-state index in [4.69, 9.17) is 9.47 Å². The van der Waals surface area contributed by atoms with Gasteiger partial charge in [-0.2, -0.15) is 0 Å². The highest BCUT2D eigenvalue weighted by Crippen LogP contribution is 2.17. The van der Waals surface area contributed by atoms with Crippen LogP contribution in [-0.2, 0) is 16.0 Å². The van der Waals surface area contributed by atoms with Crippen LogP contribution in [0.4, 0.5) is 4.79 Å². The van der Waals surface area contributed by atoms with E-state index < -0.39 is 23.6 Å². The number of methoxy groups -OCH3 is 1. The summed E-state index contributed by atoms with van der Waals surface area (Å²) < 4.78 is 10.4. The van der Waals surface area contributed by atoms with Crippen LogP contribution in [0.25, 0.3) is 0 Å². The second kappa shape index (κ2) is 7.85. The number of amides is 1. The maximum absolute atomic E-state index is 12.0. The Bertz CT molecular complexity index is 550. The van der Waals surface area contributed by atoms with Crippen molar-refractivity contribution >= 4 is 12.1 Å². The number of nitrogens with zero attached hydrogens (tertiary/aromatic N) is 1. The highest BCUT2D eigenvalue weighted by molar-refractivity contribution is 5.73. The predicted octanol–water partition coefficient (Wildman–Crippen LogP) is 2.81. The van der Waals surface area contributed by atoms with Crippen molar-refractivity contribution in [1.29, 1.82) is 0 Å². The van der Waals surface area contributed by atoms with Crippen molar-refractivity contribution in [3.63, 3.8) is 0 Å². The van der Waals surface area contributed by atoms with Crippen LogP contribution in [-0.4, -0.2) is 48.4 Å². The van der Waals surface area contributed by atoms with Crippen LogP contribution in [0.15, 0.2) is 24.3 Å². The van der Waals surface area contributed by atoms with Gasteiger partial charge < -0.3 is 19.5 Å². The molecule has 1 amide bonds. The lowest BCUT2D eigenvalue weighted by molar-refractivity contribution is -0.142. The van der Waals surface area contributed by atoms with Gasteiger partial charge in [0.05, 0.1) is 13.0 Å². The number of hydrogen-bond donors (Lipinski definition) is 1. The highest BCUT2D eigenvalue weighted by atomic mass is 16.6. The molecule has 1 aromatic carbocycles. The number of hydrogen-bond acceptors (Lipinski definition) is 4. The van der Waals surface area contributed by atoms with Gasteiger partial charge in [0, 0.05) is 13.6 Å². The van der Waals surface area contributed by atoms with E-state index in [1.807, 2.05) is 12.1 Å². The van der Waals surface area contributed by atoms with Crippen LogP contribution in [0.2, 0.25) is 0 Å². The Morgan fingerprint density at radius 3 is 2.48 bits per heavy atom. The van der Waals surface area contributed by atoms with Crippen molar-refractivity contribution in [2.24, 2.45) is 5.92 Å². The maximum Gasteiger partial charge on any atom is 0.410 e. The largest absolute Gasteiger partial charge is 0.497 e. The molecule has 0 bridgehead atoms. The zero-order valence-electron chi connectivity index (χ0n) is 14.3. The van der Waals surface area contributed by atoms with E-state index in [2.05, 4.69) is 0 Å². The molecule has 0 unspecified atom stereocenters. The Labute approximate surface area is 137 Å². The summed E-state index contributed by atoms with van der Waals surface area (Å²) in [5.74, 6) is -1.00. The number of benzene rings is 1. The fourth-order valence-electron chi connectivity index (χ4n) is 2.06. The van der Waals surface area contributed by atoms with E-state index in [0.29, 0.717) is 12.2 Å². The van der Waals surface area contributed by atoms with Gasteiger partial charge in [-0.25, -0.2) is 4.79 Å². The van der Waals surface area contributed by atoms with Crippen molar-refractivity contribution in [1.82, 2.24) is 4.90 Å². The van der Waals surface area contributed by atoms with Gasteiger partial charge in [-0.05, 0) is 44.9 Å². The molecule has 1 N–H and O–H groups in total. The minimum absolute atomic E-state index is 0.0709. The van der Waals surface area contributed by atoms with Gasteiger partial charge in [0.25, 0.3) is 0 Å². The molecule has 1 atom stereocenters. The van der Waals surface area contributed by atoms with Crippen molar-refractivity contribution in [2.45, 2.75) is 32.8 Å². The maximum atomic E-state index is 12.0. The molecule has 1 aromatic rings. The fraction of sp³-hybridized carbons (Fsp3) is 0.529. The molecule has 6 nitrogen and oxygen atoms in total. The van der Waals surface area contributed by atoms with Crippen LogP contribution in [0.3, 0.4) is 0 Å². The zero-order valence-corrected chi connectivity index (χ0v) is 14.3. The predicted molar refractivity (Wildman–Crippen MR) is 86.7 cm³/mol. The molecule has 0 spiro atoms. The SMILES string of the molecule is COc1cccc(C[C@H](CN(C)C(=O)OC(C)(C)C)C(=O)O)c1. The number of carboxylic acids is 1. The molecule has 0 aliphatic carbocycles. The van der Waals surface area contributed by atoms with Gasteiger partial charge in [-0.15, -0.1) is 0 Å². The van der Waals surface area contributed by atoms with E-state index >= 15 is 0 Å². The Kier molecular flexibility index (Phi) is 6.42. The van der Waals surface area contributed by atoms with Gasteiger partial charge >= 0.3 is 12.1 Å². The van der Waals surface area contributed by atoms with E-state index in [0.717, 1.165) is 5.56 Å². The van der Waals surface area contributed by atoms with Crippen LogP contribution in [0.1, 0.15) is 26.3 Å². The van der Waals surface area contributed by atoms with Crippen LogP contribution < -0.4 is 4.74 Å². The first-order chi connectivity index (χ1) is 10.6. The lowest BCUT2D eigenvalue weighted by Gasteiger charge is -2.26. The number of carbonyl (C=O) groups excluding carboxylic acids is 1. The van der Waals surface area contributed by atoms with Gasteiger partial charge in [0.15, 0.2) is 0 Å². The Morgan fingerprint density at radius 2 is 1.96 bits per heavy atom. The second-order valence-corrected chi connectivity index (χ2v) is 6.45. The third kappa shape index (κ3) is 6.59. The lowest BCUT2D eigenvalue weighted by atomic mass is 9.99. The van der Waals surface area contributed by atoms with Crippen molar-refractivity contribution in [3.8, 4) is 5.75 Å². The molecule has 0 radical (unpaired) electrons. The topological polar surface area (TPSA) is 76.1 Å². The average molecular weight is 323 g/mol. The summed E-state index contributed by atoms with van der Waals surface area (Å²) in [6, 6.07) is 7.24. The smallest absolute Gasteiger partial charge is 0.410 e. The summed E-state index contributed by atoms with van der Waals surface area (Å²) in [6.45, 7) is 5.37. The lowest BCUT2D eigenvalue weighted by Crippen LogP contribution is -2.39. The van der Waals surface area contributed by atoms with Crippen molar-refractivity contribution < 1.29 is 24.2 Å². The number of aliphatic carboxylic acids is 1. The van der Waals surface area contributed by atoms with Crippen molar-refractivity contribution in [2.75, 3.05) is 20.7 Å². The Balaban J connectivity index is 2.75. The summed E-state index contributed by atoms with van der Waals surface area (Å²) >= 11 is 0. The van der Waals surface area contributed by atoms with Gasteiger partial charge in [0.1, 0.15) is 11.4 Å². The molecular formula is C17H25NO5. The minimum Gasteiger partial charge on any atom is -0.497 e. The molecule has 6 heteroatoms. The van der Waals surface area contributed by atoms with Crippen LogP contribution in [0, 0.1) is 5.92 Å². The van der Waals surface area contributed by atoms with E-state index in [9.17, 15) is 14.7 Å². The quantitative estimate of drug-likeness (QED) is 0.871. The summed E-state index contributed by atoms with van der Waals surface area (Å²) in [6.07, 6.45) is -0.228. The standard InChI is InChI=1S/C17H25NO5/c1-17(2,3)23-16(21)18(4)11-13(15(19)20)9-12-7-6-8-14(10-12)22-5/h6-8,10,13H,9,11H2,1-5H3,(H,19,20)/t13-/m1/s1. The third-order valence-corrected chi connectivity index (χ3v) is 3.16. The first-order valence-corrected chi connectivity index (χ1v) is 7.42. The number of carbonyl (C=O) groups is 2. The molecule has 0 saturated heterocycles. The summed E-state index contributed by atoms with van der Waals surface area (Å²) in [4.78, 5) is 24.7. The molecule has 23 heavy (non-hydrogen) atoms. The minimum atomic E-state index is -0.955. The normalized spacial score (nSPS) is 12.4. The summed E-state index contributed by atoms with van der Waals surface area (Å²) in [5.41, 5.74) is 0.228. The van der Waals surface area contributed by atoms with Crippen molar-refractivity contribution in [3.05, 3.63) is 29.8 Å². The highest BCUT2D eigenvalue weighted by Gasteiger charge is 2.25.